The molecule has 3 atom stereocenters. The predicted octanol–water partition coefficient (Wildman–Crippen LogP) is 3.44. The number of hydrogen-bond acceptors (Lipinski definition) is 6. The highest BCUT2D eigenvalue weighted by Crippen LogP contribution is 2.51. The van der Waals surface area contributed by atoms with Gasteiger partial charge in [-0.2, -0.15) is 0 Å². The predicted molar refractivity (Wildman–Crippen MR) is 127 cm³/mol. The molecule has 1 heterocycles. The smallest absolute Gasteiger partial charge is 0.328 e. The number of benzene rings is 1. The quantitative estimate of drug-likeness (QED) is 0.437. The van der Waals surface area contributed by atoms with E-state index < -0.39 is 23.3 Å². The number of halogens is 1. The number of methoxy groups -OCH3 is 1. The Labute approximate surface area is 203 Å². The Balaban J connectivity index is 1.65. The van der Waals surface area contributed by atoms with Crippen LogP contribution < -0.4 is 10.6 Å². The minimum atomic E-state index is -0.876. The Morgan fingerprint density at radius 2 is 1.82 bits per heavy atom. The van der Waals surface area contributed by atoms with E-state index in [1.807, 2.05) is 13.8 Å². The van der Waals surface area contributed by atoms with Crippen LogP contribution in [0.15, 0.2) is 42.6 Å². The number of carbonyl (C=O) groups is 4. The number of Topliss-reactive ketones (excluding diaryl/α,β-unsaturated/α-hetero) is 1. The fourth-order valence-corrected chi connectivity index (χ4v) is 4.59. The lowest BCUT2D eigenvalue weighted by Gasteiger charge is -2.50. The number of ether oxygens (including phenoxy) is 1. The fourth-order valence-electron chi connectivity index (χ4n) is 4.38. The summed E-state index contributed by atoms with van der Waals surface area (Å²) >= 11 is 5.96. The summed E-state index contributed by atoms with van der Waals surface area (Å²) < 4.78 is 4.88. The van der Waals surface area contributed by atoms with Gasteiger partial charge in [0.15, 0.2) is 0 Å². The third-order valence-corrected chi connectivity index (χ3v) is 6.83. The molecule has 1 aromatic heterocycles. The number of esters is 1. The number of amides is 2. The fraction of sp³-hybridized carbons (Fsp3) is 0.400. The van der Waals surface area contributed by atoms with E-state index in [1.54, 1.807) is 36.4 Å². The summed E-state index contributed by atoms with van der Waals surface area (Å²) in [5.41, 5.74) is 1.10. The van der Waals surface area contributed by atoms with Gasteiger partial charge >= 0.3 is 5.97 Å². The maximum absolute atomic E-state index is 12.9. The minimum absolute atomic E-state index is 0.0662. The van der Waals surface area contributed by atoms with E-state index in [2.05, 4.69) is 15.6 Å². The molecule has 2 amide bonds. The van der Waals surface area contributed by atoms with Crippen LogP contribution in [0.25, 0.3) is 0 Å². The number of nitrogens with zero attached hydrogens (tertiary/aromatic N) is 1. The highest BCUT2D eigenvalue weighted by Gasteiger charge is 2.53. The topological polar surface area (TPSA) is 114 Å². The van der Waals surface area contributed by atoms with Crippen molar-refractivity contribution in [1.29, 1.82) is 0 Å². The van der Waals surface area contributed by atoms with E-state index in [-0.39, 0.29) is 40.7 Å². The molecule has 0 bridgehead atoms. The number of anilines is 1. The zero-order valence-corrected chi connectivity index (χ0v) is 20.3. The third kappa shape index (κ3) is 5.44. The van der Waals surface area contributed by atoms with Crippen molar-refractivity contribution >= 4 is 40.9 Å². The Morgan fingerprint density at radius 1 is 1.15 bits per heavy atom. The number of aromatic nitrogens is 1. The Bertz CT molecular complexity index is 1100. The van der Waals surface area contributed by atoms with E-state index in [9.17, 15) is 19.2 Å². The molecular weight excluding hydrogens is 458 g/mol. The number of ketones is 1. The van der Waals surface area contributed by atoms with Crippen LogP contribution in [0.4, 0.5) is 5.69 Å². The average molecular weight is 486 g/mol. The van der Waals surface area contributed by atoms with Gasteiger partial charge in [-0.25, -0.2) is 9.78 Å². The molecule has 1 aromatic carbocycles. The summed E-state index contributed by atoms with van der Waals surface area (Å²) in [6.07, 6.45) is 2.18. The van der Waals surface area contributed by atoms with Gasteiger partial charge < -0.3 is 15.4 Å². The minimum Gasteiger partial charge on any atom is -0.467 e. The van der Waals surface area contributed by atoms with Gasteiger partial charge in [-0.05, 0) is 48.6 Å². The maximum Gasteiger partial charge on any atom is 0.328 e. The van der Waals surface area contributed by atoms with Crippen LogP contribution >= 0.6 is 11.6 Å². The first kappa shape index (κ1) is 25.4. The molecule has 0 radical (unpaired) electrons. The molecule has 2 N–H and O–H groups in total. The summed E-state index contributed by atoms with van der Waals surface area (Å²) in [6, 6.07) is 9.21. The van der Waals surface area contributed by atoms with Crippen molar-refractivity contribution in [3.05, 3.63) is 58.9 Å². The van der Waals surface area contributed by atoms with Gasteiger partial charge in [0, 0.05) is 30.1 Å². The van der Waals surface area contributed by atoms with Gasteiger partial charge in [-0.15, -0.1) is 0 Å². The van der Waals surface area contributed by atoms with Crippen molar-refractivity contribution in [2.75, 3.05) is 12.4 Å². The average Bonchev–Trinajstić information content (AvgIpc) is 2.78. The molecule has 0 aliphatic heterocycles. The van der Waals surface area contributed by atoms with Gasteiger partial charge in [0.25, 0.3) is 5.91 Å². The molecule has 8 nitrogen and oxygen atoms in total. The molecule has 2 aromatic rings. The van der Waals surface area contributed by atoms with Crippen molar-refractivity contribution in [3.8, 4) is 0 Å². The number of nitrogens with one attached hydrogen (secondary N) is 2. The zero-order valence-electron chi connectivity index (χ0n) is 19.6. The second-order valence-electron chi connectivity index (χ2n) is 9.05. The maximum atomic E-state index is 12.9. The number of carbonyl (C=O) groups excluding carboxylic acids is 4. The summed E-state index contributed by atoms with van der Waals surface area (Å²) in [7, 11) is 1.27. The first-order valence-electron chi connectivity index (χ1n) is 10.9. The van der Waals surface area contributed by atoms with E-state index in [1.165, 1.54) is 20.2 Å². The van der Waals surface area contributed by atoms with Crippen LogP contribution in [0.2, 0.25) is 5.15 Å². The lowest BCUT2D eigenvalue weighted by atomic mass is 9.53. The van der Waals surface area contributed by atoms with E-state index >= 15 is 0 Å². The van der Waals surface area contributed by atoms with Gasteiger partial charge in [-0.3, -0.25) is 14.4 Å². The van der Waals surface area contributed by atoms with Gasteiger partial charge in [0.1, 0.15) is 17.0 Å². The highest BCUT2D eigenvalue weighted by molar-refractivity contribution is 6.33. The normalized spacial score (nSPS) is 19.3. The van der Waals surface area contributed by atoms with Gasteiger partial charge in [-0.1, -0.05) is 37.6 Å². The second kappa shape index (κ2) is 10.3. The second-order valence-corrected chi connectivity index (χ2v) is 9.41. The Morgan fingerprint density at radius 3 is 2.38 bits per heavy atom. The molecule has 2 unspecified atom stereocenters. The standard InChI is InChI=1S/C25H28ClN3O5/c1-14(30)18-13-19(25(18,2)3)23(32)29-20(24(33)34-4)12-15-7-9-16(10-8-15)28-22(31)17-6-5-11-27-21(17)26/h5-11,18-20H,12-13H2,1-4H3,(H,28,31)(H,29,32)/t18?,19?,20-/m0/s1. The van der Waals surface area contributed by atoms with Crippen molar-refractivity contribution in [2.45, 2.75) is 39.7 Å². The van der Waals surface area contributed by atoms with Crippen molar-refractivity contribution in [1.82, 2.24) is 10.3 Å². The molecule has 9 heteroatoms. The molecule has 1 saturated carbocycles. The molecule has 1 aliphatic carbocycles. The van der Waals surface area contributed by atoms with Crippen LogP contribution in [0.5, 0.6) is 0 Å². The first-order chi connectivity index (χ1) is 16.0. The molecule has 180 valence electrons. The highest BCUT2D eigenvalue weighted by atomic mass is 35.5. The molecule has 1 aliphatic rings. The molecule has 3 rings (SSSR count). The van der Waals surface area contributed by atoms with E-state index in [0.29, 0.717) is 12.1 Å². The molecular formula is C25H28ClN3O5. The van der Waals surface area contributed by atoms with Gasteiger partial charge in [0.2, 0.25) is 5.91 Å². The lowest BCUT2D eigenvalue weighted by Crippen LogP contribution is -2.57. The number of hydrogen-bond donors (Lipinski definition) is 2. The van der Waals surface area contributed by atoms with E-state index in [4.69, 9.17) is 16.3 Å². The first-order valence-corrected chi connectivity index (χ1v) is 11.3. The SMILES string of the molecule is COC(=O)[C@H](Cc1ccc(NC(=O)c2cccnc2Cl)cc1)NC(=O)C1CC(C(C)=O)C1(C)C. The monoisotopic (exact) mass is 485 g/mol. The van der Waals surface area contributed by atoms with E-state index in [0.717, 1.165) is 5.56 Å². The molecule has 1 fully saturated rings. The third-order valence-electron chi connectivity index (χ3n) is 6.53. The molecule has 34 heavy (non-hydrogen) atoms. The van der Waals surface area contributed by atoms with Crippen LogP contribution in [0, 0.1) is 17.3 Å². The summed E-state index contributed by atoms with van der Waals surface area (Å²) in [5, 5.41) is 5.65. The summed E-state index contributed by atoms with van der Waals surface area (Å²) in [4.78, 5) is 53.3. The van der Waals surface area contributed by atoms with Crippen molar-refractivity contribution < 1.29 is 23.9 Å². The lowest BCUT2D eigenvalue weighted by molar-refractivity contribution is -0.153. The van der Waals surface area contributed by atoms with Crippen molar-refractivity contribution in [3.63, 3.8) is 0 Å². The number of rotatable bonds is 8. The van der Waals surface area contributed by atoms with Gasteiger partial charge in [0.05, 0.1) is 12.7 Å². The summed E-state index contributed by atoms with van der Waals surface area (Å²) in [5.74, 6) is -1.67. The molecule has 0 spiro atoms. The van der Waals surface area contributed by atoms with Crippen molar-refractivity contribution in [2.24, 2.45) is 17.3 Å². The Kier molecular flexibility index (Phi) is 7.71. The largest absolute Gasteiger partial charge is 0.467 e. The molecule has 0 saturated heterocycles. The number of pyridine rings is 1. The van der Waals surface area contributed by atoms with Crippen LogP contribution in [-0.2, 0) is 25.5 Å². The van der Waals surface area contributed by atoms with Crippen LogP contribution in [-0.4, -0.2) is 41.7 Å². The Hall–Kier alpha value is -3.26. The van der Waals surface area contributed by atoms with Crippen LogP contribution in [0.1, 0.15) is 43.1 Å². The van der Waals surface area contributed by atoms with Crippen LogP contribution in [0.3, 0.4) is 0 Å². The summed E-state index contributed by atoms with van der Waals surface area (Å²) in [6.45, 7) is 5.33. The zero-order chi connectivity index (χ0) is 25.0.